The molecule has 0 aliphatic heterocycles. The van der Waals surface area contributed by atoms with Crippen LogP contribution < -0.4 is 4.74 Å². The molecule has 2 heteroatoms. The van der Waals surface area contributed by atoms with E-state index in [-0.39, 0.29) is 0 Å². The molecule has 3 aromatic rings. The van der Waals surface area contributed by atoms with Crippen LogP contribution in [0, 0.1) is 6.92 Å². The first-order valence-electron chi connectivity index (χ1n) is 7.19. The third-order valence-electron chi connectivity index (χ3n) is 3.72. The molecule has 0 radical (unpaired) electrons. The Labute approximate surface area is 139 Å². The minimum absolute atomic E-state index is 0.903. The number of rotatable bonds is 3. The lowest BCUT2D eigenvalue weighted by Crippen LogP contribution is -1.93. The maximum Gasteiger partial charge on any atom is 0.134 e. The maximum absolute atomic E-state index is 5.76. The Balaban J connectivity index is 2.24. The van der Waals surface area contributed by atoms with Gasteiger partial charge in [0.15, 0.2) is 0 Å². The molecule has 0 saturated heterocycles. The summed E-state index contributed by atoms with van der Waals surface area (Å²) in [7, 11) is 1.73. The molecule has 3 aromatic carbocycles. The van der Waals surface area contributed by atoms with E-state index < -0.39 is 0 Å². The Hall–Kier alpha value is -2.06. The topological polar surface area (TPSA) is 9.23 Å². The van der Waals surface area contributed by atoms with Gasteiger partial charge in [-0.1, -0.05) is 82.2 Å². The number of hydrogen-bond acceptors (Lipinski definition) is 1. The Morgan fingerprint density at radius 1 is 0.773 bits per heavy atom. The standard InChI is InChI=1S/C20H17BrO/c1-14-11-12-19(21)18(13-14)17-10-6-9-16(20(17)22-2)15-7-4-3-5-8-15/h3-13H,1-2H3. The van der Waals surface area contributed by atoms with E-state index in [0.717, 1.165) is 32.5 Å². The molecule has 110 valence electrons. The number of hydrogen-bond donors (Lipinski definition) is 0. The van der Waals surface area contributed by atoms with Crippen molar-refractivity contribution >= 4 is 15.9 Å². The van der Waals surface area contributed by atoms with Crippen molar-refractivity contribution in [1.29, 1.82) is 0 Å². The molecular weight excluding hydrogens is 336 g/mol. The van der Waals surface area contributed by atoms with Crippen molar-refractivity contribution in [3.63, 3.8) is 0 Å². The molecule has 0 saturated carbocycles. The van der Waals surface area contributed by atoms with Gasteiger partial charge in [0.05, 0.1) is 7.11 Å². The molecule has 1 nitrogen and oxygen atoms in total. The Morgan fingerprint density at radius 2 is 1.50 bits per heavy atom. The van der Waals surface area contributed by atoms with Gasteiger partial charge in [-0.3, -0.25) is 0 Å². The number of benzene rings is 3. The first kappa shape index (κ1) is 14.9. The molecule has 0 fully saturated rings. The molecule has 0 amide bonds. The van der Waals surface area contributed by atoms with Gasteiger partial charge in [-0.2, -0.15) is 0 Å². The van der Waals surface area contributed by atoms with E-state index in [4.69, 9.17) is 4.74 Å². The summed E-state index contributed by atoms with van der Waals surface area (Å²) in [5.74, 6) is 0.903. The molecule has 0 aromatic heterocycles. The van der Waals surface area contributed by atoms with Crippen LogP contribution in [0.25, 0.3) is 22.3 Å². The van der Waals surface area contributed by atoms with Gasteiger partial charge in [0.2, 0.25) is 0 Å². The van der Waals surface area contributed by atoms with Crippen molar-refractivity contribution in [2.45, 2.75) is 6.92 Å². The summed E-state index contributed by atoms with van der Waals surface area (Å²) in [6.07, 6.45) is 0. The fourth-order valence-corrected chi connectivity index (χ4v) is 3.12. The van der Waals surface area contributed by atoms with Crippen LogP contribution in [-0.2, 0) is 0 Å². The molecule has 0 spiro atoms. The summed E-state index contributed by atoms with van der Waals surface area (Å²) in [6.45, 7) is 2.10. The van der Waals surface area contributed by atoms with Gasteiger partial charge in [-0.05, 0) is 24.1 Å². The quantitative estimate of drug-likeness (QED) is 0.553. The molecule has 0 bridgehead atoms. The highest BCUT2D eigenvalue weighted by Gasteiger charge is 2.14. The lowest BCUT2D eigenvalue weighted by Gasteiger charge is -2.15. The minimum Gasteiger partial charge on any atom is -0.495 e. The summed E-state index contributed by atoms with van der Waals surface area (Å²) in [5.41, 5.74) is 5.73. The van der Waals surface area contributed by atoms with Gasteiger partial charge in [0.1, 0.15) is 5.75 Å². The largest absolute Gasteiger partial charge is 0.495 e. The van der Waals surface area contributed by atoms with Crippen LogP contribution in [0.5, 0.6) is 5.75 Å². The highest BCUT2D eigenvalue weighted by Crippen LogP contribution is 2.41. The van der Waals surface area contributed by atoms with Crippen LogP contribution in [-0.4, -0.2) is 7.11 Å². The Morgan fingerprint density at radius 3 is 2.23 bits per heavy atom. The average Bonchev–Trinajstić information content (AvgIpc) is 2.57. The van der Waals surface area contributed by atoms with Gasteiger partial charge in [-0.15, -0.1) is 0 Å². The first-order valence-corrected chi connectivity index (χ1v) is 7.99. The molecule has 22 heavy (non-hydrogen) atoms. The van der Waals surface area contributed by atoms with Crippen LogP contribution >= 0.6 is 15.9 Å². The van der Waals surface area contributed by atoms with Crippen molar-refractivity contribution in [1.82, 2.24) is 0 Å². The lowest BCUT2D eigenvalue weighted by atomic mass is 9.96. The van der Waals surface area contributed by atoms with Crippen molar-refractivity contribution in [3.05, 3.63) is 76.8 Å². The van der Waals surface area contributed by atoms with E-state index in [1.807, 2.05) is 18.2 Å². The van der Waals surface area contributed by atoms with Crippen LogP contribution in [0.4, 0.5) is 0 Å². The summed E-state index contributed by atoms with van der Waals surface area (Å²) in [6, 6.07) is 23.0. The molecule has 0 unspecified atom stereocenters. The Kier molecular flexibility index (Phi) is 4.30. The molecule has 0 heterocycles. The molecule has 0 N–H and O–H groups in total. The van der Waals surface area contributed by atoms with Crippen LogP contribution in [0.3, 0.4) is 0 Å². The van der Waals surface area contributed by atoms with Gasteiger partial charge in [0, 0.05) is 15.6 Å². The zero-order valence-corrected chi connectivity index (χ0v) is 14.2. The Bertz CT molecular complexity index is 794. The van der Waals surface area contributed by atoms with E-state index in [0.29, 0.717) is 0 Å². The van der Waals surface area contributed by atoms with Gasteiger partial charge in [0.25, 0.3) is 0 Å². The SMILES string of the molecule is COc1c(-c2ccccc2)cccc1-c1cc(C)ccc1Br. The summed E-state index contributed by atoms with van der Waals surface area (Å²) < 4.78 is 6.83. The number of para-hydroxylation sites is 1. The summed E-state index contributed by atoms with van der Waals surface area (Å²) in [5, 5.41) is 0. The molecule has 0 aliphatic carbocycles. The fraction of sp³-hybridized carbons (Fsp3) is 0.100. The maximum atomic E-state index is 5.76. The van der Waals surface area contributed by atoms with Crippen molar-refractivity contribution < 1.29 is 4.74 Å². The monoisotopic (exact) mass is 352 g/mol. The predicted octanol–water partition coefficient (Wildman–Crippen LogP) is 6.10. The smallest absolute Gasteiger partial charge is 0.134 e. The van der Waals surface area contributed by atoms with Crippen molar-refractivity contribution in [2.24, 2.45) is 0 Å². The molecule has 0 atom stereocenters. The summed E-state index contributed by atoms with van der Waals surface area (Å²) in [4.78, 5) is 0. The second-order valence-corrected chi connectivity index (χ2v) is 6.09. The van der Waals surface area contributed by atoms with E-state index in [1.54, 1.807) is 7.11 Å². The average molecular weight is 353 g/mol. The van der Waals surface area contributed by atoms with Gasteiger partial charge >= 0.3 is 0 Å². The number of methoxy groups -OCH3 is 1. The number of ether oxygens (including phenoxy) is 1. The third-order valence-corrected chi connectivity index (χ3v) is 4.41. The van der Waals surface area contributed by atoms with E-state index in [2.05, 4.69) is 71.4 Å². The van der Waals surface area contributed by atoms with Crippen LogP contribution in [0.1, 0.15) is 5.56 Å². The molecule has 3 rings (SSSR count). The zero-order chi connectivity index (χ0) is 15.5. The lowest BCUT2D eigenvalue weighted by molar-refractivity contribution is 0.418. The van der Waals surface area contributed by atoms with Crippen LogP contribution in [0.15, 0.2) is 71.2 Å². The van der Waals surface area contributed by atoms with E-state index in [1.165, 1.54) is 5.56 Å². The minimum atomic E-state index is 0.903. The van der Waals surface area contributed by atoms with E-state index in [9.17, 15) is 0 Å². The second-order valence-electron chi connectivity index (χ2n) is 5.24. The normalized spacial score (nSPS) is 10.5. The predicted molar refractivity (Wildman–Crippen MR) is 96.3 cm³/mol. The van der Waals surface area contributed by atoms with E-state index >= 15 is 0 Å². The molecular formula is C20H17BrO. The summed E-state index contributed by atoms with van der Waals surface area (Å²) >= 11 is 3.66. The van der Waals surface area contributed by atoms with Gasteiger partial charge < -0.3 is 4.74 Å². The molecule has 0 aliphatic rings. The highest BCUT2D eigenvalue weighted by atomic mass is 79.9. The zero-order valence-electron chi connectivity index (χ0n) is 12.6. The number of halogens is 1. The van der Waals surface area contributed by atoms with Crippen molar-refractivity contribution in [2.75, 3.05) is 7.11 Å². The van der Waals surface area contributed by atoms with Crippen molar-refractivity contribution in [3.8, 4) is 28.0 Å². The van der Waals surface area contributed by atoms with Gasteiger partial charge in [-0.25, -0.2) is 0 Å². The first-order chi connectivity index (χ1) is 10.7. The third kappa shape index (κ3) is 2.79. The van der Waals surface area contributed by atoms with Crippen LogP contribution in [0.2, 0.25) is 0 Å². The highest BCUT2D eigenvalue weighted by molar-refractivity contribution is 9.10. The fourth-order valence-electron chi connectivity index (χ4n) is 2.66. The number of aryl methyl sites for hydroxylation is 1. The second kappa shape index (κ2) is 6.37.